The van der Waals surface area contributed by atoms with Crippen LogP contribution in [-0.2, 0) is 4.79 Å². The summed E-state index contributed by atoms with van der Waals surface area (Å²) in [4.78, 5) is 13.7. The van der Waals surface area contributed by atoms with E-state index in [1.807, 2.05) is 13.8 Å². The van der Waals surface area contributed by atoms with Gasteiger partial charge in [-0.1, -0.05) is 20.8 Å². The number of carboxylic acids is 1. The number of hydrogen-bond donors (Lipinski definition) is 1. The summed E-state index contributed by atoms with van der Waals surface area (Å²) in [5, 5.41) is 9.33. The van der Waals surface area contributed by atoms with Crippen molar-refractivity contribution in [2.24, 2.45) is 11.3 Å². The first-order chi connectivity index (χ1) is 7.89. The van der Waals surface area contributed by atoms with Crippen LogP contribution in [0.15, 0.2) is 0 Å². The van der Waals surface area contributed by atoms with Crippen molar-refractivity contribution >= 4 is 5.97 Å². The first-order valence-corrected chi connectivity index (χ1v) is 6.86. The van der Waals surface area contributed by atoms with E-state index >= 15 is 0 Å². The van der Waals surface area contributed by atoms with Gasteiger partial charge in [-0.2, -0.15) is 0 Å². The summed E-state index contributed by atoms with van der Waals surface area (Å²) in [6, 6.07) is 0.652. The predicted molar refractivity (Wildman–Crippen MR) is 70.1 cm³/mol. The highest BCUT2D eigenvalue weighted by atomic mass is 16.4. The van der Waals surface area contributed by atoms with Gasteiger partial charge >= 0.3 is 5.97 Å². The number of nitrogens with zero attached hydrogens (tertiary/aromatic N) is 1. The molecule has 1 saturated carbocycles. The third-order valence-electron chi connectivity index (χ3n) is 3.91. The van der Waals surface area contributed by atoms with Crippen LogP contribution in [0.1, 0.15) is 53.4 Å². The van der Waals surface area contributed by atoms with Gasteiger partial charge in [0.05, 0.1) is 5.41 Å². The third-order valence-corrected chi connectivity index (χ3v) is 3.91. The van der Waals surface area contributed by atoms with Crippen molar-refractivity contribution < 1.29 is 9.90 Å². The standard InChI is InChI=1S/C14H27NO2/c1-5-14(4,13(16)17)10-15(12-6-7-12)9-8-11(2)3/h11-12H,5-10H2,1-4H3,(H,16,17). The molecule has 1 rings (SSSR count). The molecule has 17 heavy (non-hydrogen) atoms. The lowest BCUT2D eigenvalue weighted by atomic mass is 9.87. The third kappa shape index (κ3) is 4.30. The molecule has 0 aliphatic heterocycles. The Morgan fingerprint density at radius 2 is 2.06 bits per heavy atom. The molecule has 0 heterocycles. The zero-order valence-corrected chi connectivity index (χ0v) is 11.7. The fraction of sp³-hybridized carbons (Fsp3) is 0.929. The number of hydrogen-bond acceptors (Lipinski definition) is 2. The van der Waals surface area contributed by atoms with Crippen LogP contribution in [0.5, 0.6) is 0 Å². The molecule has 1 atom stereocenters. The van der Waals surface area contributed by atoms with E-state index in [1.165, 1.54) is 12.8 Å². The van der Waals surface area contributed by atoms with Gasteiger partial charge in [-0.25, -0.2) is 0 Å². The van der Waals surface area contributed by atoms with Crippen LogP contribution in [-0.4, -0.2) is 35.1 Å². The summed E-state index contributed by atoms with van der Waals surface area (Å²) in [7, 11) is 0. The summed E-state index contributed by atoms with van der Waals surface area (Å²) < 4.78 is 0. The molecule has 1 aliphatic carbocycles. The Morgan fingerprint density at radius 1 is 1.47 bits per heavy atom. The number of rotatable bonds is 8. The number of aliphatic carboxylic acids is 1. The predicted octanol–water partition coefficient (Wildman–Crippen LogP) is 3.00. The van der Waals surface area contributed by atoms with Crippen molar-refractivity contribution in [2.75, 3.05) is 13.1 Å². The molecule has 3 nitrogen and oxygen atoms in total. The molecule has 100 valence electrons. The van der Waals surface area contributed by atoms with Crippen LogP contribution in [0.4, 0.5) is 0 Å². The zero-order chi connectivity index (χ0) is 13.1. The van der Waals surface area contributed by atoms with E-state index in [4.69, 9.17) is 0 Å². The first-order valence-electron chi connectivity index (χ1n) is 6.86. The minimum atomic E-state index is -0.657. The van der Waals surface area contributed by atoms with Crippen LogP contribution >= 0.6 is 0 Å². The maximum Gasteiger partial charge on any atom is 0.310 e. The first kappa shape index (κ1) is 14.5. The Morgan fingerprint density at radius 3 is 2.41 bits per heavy atom. The second-order valence-electron chi connectivity index (χ2n) is 6.10. The van der Waals surface area contributed by atoms with Gasteiger partial charge in [0, 0.05) is 12.6 Å². The molecule has 3 heteroatoms. The summed E-state index contributed by atoms with van der Waals surface area (Å²) in [6.45, 7) is 10.0. The van der Waals surface area contributed by atoms with Crippen molar-refractivity contribution in [2.45, 2.75) is 59.4 Å². The van der Waals surface area contributed by atoms with Gasteiger partial charge in [0.1, 0.15) is 0 Å². The molecule has 0 bridgehead atoms. The second kappa shape index (κ2) is 5.85. The molecule has 0 spiro atoms. The van der Waals surface area contributed by atoms with Gasteiger partial charge in [-0.3, -0.25) is 9.69 Å². The summed E-state index contributed by atoms with van der Waals surface area (Å²) in [5.74, 6) is 0.0316. The highest BCUT2D eigenvalue weighted by molar-refractivity contribution is 5.74. The Hall–Kier alpha value is -0.570. The molecule has 0 amide bonds. The van der Waals surface area contributed by atoms with Crippen molar-refractivity contribution in [3.63, 3.8) is 0 Å². The van der Waals surface area contributed by atoms with Gasteiger partial charge in [-0.15, -0.1) is 0 Å². The molecule has 1 aliphatic rings. The normalized spacial score (nSPS) is 19.6. The molecular formula is C14H27NO2. The topological polar surface area (TPSA) is 40.5 Å². The van der Waals surface area contributed by atoms with Crippen LogP contribution in [0.2, 0.25) is 0 Å². The SMILES string of the molecule is CCC(C)(CN(CCC(C)C)C1CC1)C(=O)O. The second-order valence-corrected chi connectivity index (χ2v) is 6.10. The highest BCUT2D eigenvalue weighted by Crippen LogP contribution is 2.32. The molecule has 0 saturated heterocycles. The van der Waals surface area contributed by atoms with Crippen molar-refractivity contribution in [1.29, 1.82) is 0 Å². The van der Waals surface area contributed by atoms with E-state index in [0.29, 0.717) is 24.9 Å². The monoisotopic (exact) mass is 241 g/mol. The fourth-order valence-electron chi connectivity index (χ4n) is 2.03. The maximum absolute atomic E-state index is 11.3. The average Bonchev–Trinajstić information content (AvgIpc) is 3.07. The molecular weight excluding hydrogens is 214 g/mol. The number of carbonyl (C=O) groups is 1. The van der Waals surface area contributed by atoms with E-state index in [2.05, 4.69) is 18.7 Å². The van der Waals surface area contributed by atoms with Crippen LogP contribution in [0, 0.1) is 11.3 Å². The van der Waals surface area contributed by atoms with Crippen molar-refractivity contribution in [3.05, 3.63) is 0 Å². The van der Waals surface area contributed by atoms with Crippen LogP contribution in [0.3, 0.4) is 0 Å². The van der Waals surface area contributed by atoms with Crippen molar-refractivity contribution in [1.82, 2.24) is 4.90 Å². The Kier molecular flexibility index (Phi) is 4.99. The van der Waals surface area contributed by atoms with Gasteiger partial charge < -0.3 is 5.11 Å². The molecule has 0 aromatic heterocycles. The Labute approximate surface area is 105 Å². The lowest BCUT2D eigenvalue weighted by Crippen LogP contribution is -2.42. The Bertz CT molecular complexity index is 261. The summed E-state index contributed by atoms with van der Waals surface area (Å²) >= 11 is 0. The quantitative estimate of drug-likeness (QED) is 0.710. The van der Waals surface area contributed by atoms with E-state index in [9.17, 15) is 9.90 Å². The van der Waals surface area contributed by atoms with Crippen LogP contribution in [0.25, 0.3) is 0 Å². The van der Waals surface area contributed by atoms with Gasteiger partial charge in [-0.05, 0) is 45.1 Å². The van der Waals surface area contributed by atoms with E-state index in [1.54, 1.807) is 0 Å². The lowest BCUT2D eigenvalue weighted by Gasteiger charge is -2.32. The van der Waals surface area contributed by atoms with Crippen LogP contribution < -0.4 is 0 Å². The van der Waals surface area contributed by atoms with Gasteiger partial charge in [0.2, 0.25) is 0 Å². The van der Waals surface area contributed by atoms with E-state index in [0.717, 1.165) is 13.0 Å². The molecule has 0 radical (unpaired) electrons. The molecule has 1 fully saturated rings. The number of carboxylic acid groups (broad SMARTS) is 1. The zero-order valence-electron chi connectivity index (χ0n) is 11.7. The molecule has 1 unspecified atom stereocenters. The minimum absolute atomic E-state index is 0.584. The largest absolute Gasteiger partial charge is 0.481 e. The van der Waals surface area contributed by atoms with Crippen molar-refractivity contribution in [3.8, 4) is 0 Å². The summed E-state index contributed by atoms with van der Waals surface area (Å²) in [6.07, 6.45) is 4.36. The minimum Gasteiger partial charge on any atom is -0.481 e. The molecule has 0 aromatic rings. The van der Waals surface area contributed by atoms with E-state index in [-0.39, 0.29) is 0 Å². The smallest absolute Gasteiger partial charge is 0.310 e. The Balaban J connectivity index is 2.56. The molecule has 1 N–H and O–H groups in total. The molecule has 0 aromatic carbocycles. The van der Waals surface area contributed by atoms with Gasteiger partial charge in [0.15, 0.2) is 0 Å². The lowest BCUT2D eigenvalue weighted by molar-refractivity contribution is -0.149. The summed E-state index contributed by atoms with van der Waals surface area (Å²) in [5.41, 5.74) is -0.584. The highest BCUT2D eigenvalue weighted by Gasteiger charge is 2.38. The fourth-order valence-corrected chi connectivity index (χ4v) is 2.03. The maximum atomic E-state index is 11.3. The van der Waals surface area contributed by atoms with Gasteiger partial charge in [0.25, 0.3) is 0 Å². The average molecular weight is 241 g/mol. The van der Waals surface area contributed by atoms with E-state index < -0.39 is 11.4 Å².